The minimum Gasteiger partial charge on any atom is -0.459 e. The summed E-state index contributed by atoms with van der Waals surface area (Å²) in [4.78, 5) is 24.7. The van der Waals surface area contributed by atoms with E-state index < -0.39 is 18.0 Å². The number of rotatable bonds is 6. The molecule has 2 rings (SSSR count). The molecule has 0 bridgehead atoms. The number of benzene rings is 2. The molecule has 0 radical (unpaired) electrons. The molecule has 5 heteroatoms. The van der Waals surface area contributed by atoms with Gasteiger partial charge in [-0.2, -0.15) is 0 Å². The summed E-state index contributed by atoms with van der Waals surface area (Å²) in [6, 6.07) is 14.0. The van der Waals surface area contributed by atoms with Crippen LogP contribution in [0.2, 0.25) is 0 Å². The number of amides is 2. The van der Waals surface area contributed by atoms with Crippen molar-refractivity contribution in [3.8, 4) is 0 Å². The van der Waals surface area contributed by atoms with Crippen molar-refractivity contribution < 1.29 is 14.3 Å². The number of aryl methyl sites for hydroxylation is 2. The molecule has 0 fully saturated rings. The Morgan fingerprint density at radius 1 is 1.04 bits per heavy atom. The highest BCUT2D eigenvalue weighted by Gasteiger charge is 2.26. The molecule has 2 amide bonds. The van der Waals surface area contributed by atoms with Crippen molar-refractivity contribution in [2.75, 3.05) is 5.32 Å². The van der Waals surface area contributed by atoms with Crippen LogP contribution in [-0.2, 0) is 16.1 Å². The fraction of sp³-hybridized carbons (Fsp3) is 0.333. The van der Waals surface area contributed by atoms with Crippen molar-refractivity contribution in [1.29, 1.82) is 0 Å². The summed E-state index contributed by atoms with van der Waals surface area (Å²) in [5, 5.41) is 5.42. The van der Waals surface area contributed by atoms with Crippen LogP contribution in [0.4, 0.5) is 10.5 Å². The number of urea groups is 1. The van der Waals surface area contributed by atoms with Crippen LogP contribution in [0, 0.1) is 19.8 Å². The van der Waals surface area contributed by atoms with E-state index >= 15 is 0 Å². The largest absolute Gasteiger partial charge is 0.459 e. The third-order valence-electron chi connectivity index (χ3n) is 4.11. The first-order valence-electron chi connectivity index (χ1n) is 8.72. The first-order chi connectivity index (χ1) is 12.4. The molecule has 26 heavy (non-hydrogen) atoms. The number of carbonyl (C=O) groups is 2. The van der Waals surface area contributed by atoms with Crippen LogP contribution in [0.1, 0.15) is 30.5 Å². The van der Waals surface area contributed by atoms with E-state index in [-0.39, 0.29) is 12.5 Å². The summed E-state index contributed by atoms with van der Waals surface area (Å²) in [6.07, 6.45) is 0. The Kier molecular flexibility index (Phi) is 6.78. The molecule has 0 aliphatic carbocycles. The van der Waals surface area contributed by atoms with Gasteiger partial charge in [0, 0.05) is 5.69 Å². The van der Waals surface area contributed by atoms with Crippen LogP contribution in [0.3, 0.4) is 0 Å². The maximum Gasteiger partial charge on any atom is 0.329 e. The van der Waals surface area contributed by atoms with Gasteiger partial charge in [0.05, 0.1) is 0 Å². The molecule has 0 saturated heterocycles. The van der Waals surface area contributed by atoms with Crippen molar-refractivity contribution in [2.24, 2.45) is 5.92 Å². The van der Waals surface area contributed by atoms with Gasteiger partial charge in [-0.15, -0.1) is 0 Å². The van der Waals surface area contributed by atoms with Crippen LogP contribution in [0.15, 0.2) is 48.5 Å². The maximum atomic E-state index is 12.5. The van der Waals surface area contributed by atoms with E-state index in [1.165, 1.54) is 0 Å². The molecule has 2 aromatic carbocycles. The molecule has 0 heterocycles. The second-order valence-corrected chi connectivity index (χ2v) is 6.72. The normalized spacial score (nSPS) is 11.7. The van der Waals surface area contributed by atoms with Gasteiger partial charge in [-0.05, 0) is 43.0 Å². The Bertz CT molecular complexity index is 757. The molecule has 5 nitrogen and oxygen atoms in total. The summed E-state index contributed by atoms with van der Waals surface area (Å²) in [7, 11) is 0. The van der Waals surface area contributed by atoms with Crippen molar-refractivity contribution in [3.05, 3.63) is 65.2 Å². The van der Waals surface area contributed by atoms with Gasteiger partial charge in [-0.3, -0.25) is 0 Å². The number of ether oxygens (including phenoxy) is 1. The lowest BCUT2D eigenvalue weighted by molar-refractivity contribution is -0.148. The highest BCUT2D eigenvalue weighted by atomic mass is 16.5. The Morgan fingerprint density at radius 2 is 1.73 bits per heavy atom. The summed E-state index contributed by atoms with van der Waals surface area (Å²) in [5.74, 6) is -0.535. The Hall–Kier alpha value is -2.82. The summed E-state index contributed by atoms with van der Waals surface area (Å²) in [6.45, 7) is 7.90. The first-order valence-corrected chi connectivity index (χ1v) is 8.72. The molecule has 0 spiro atoms. The topological polar surface area (TPSA) is 67.4 Å². The minimum absolute atomic E-state index is 0.0948. The van der Waals surface area contributed by atoms with Gasteiger partial charge in [-0.25, -0.2) is 9.59 Å². The van der Waals surface area contributed by atoms with Crippen LogP contribution < -0.4 is 10.6 Å². The fourth-order valence-electron chi connectivity index (χ4n) is 2.52. The van der Waals surface area contributed by atoms with Gasteiger partial charge >= 0.3 is 12.0 Å². The quantitative estimate of drug-likeness (QED) is 0.764. The van der Waals surface area contributed by atoms with Gasteiger partial charge in [0.1, 0.15) is 12.6 Å². The zero-order chi connectivity index (χ0) is 19.1. The maximum absolute atomic E-state index is 12.5. The van der Waals surface area contributed by atoms with Gasteiger partial charge in [0.15, 0.2) is 0 Å². The molecule has 0 saturated carbocycles. The van der Waals surface area contributed by atoms with Crippen LogP contribution >= 0.6 is 0 Å². The SMILES string of the molecule is Cc1ccc(C)c(COC(=O)[C@@H](NC(=O)Nc2ccccc2)C(C)C)c1. The van der Waals surface area contributed by atoms with Gasteiger partial charge in [0.25, 0.3) is 0 Å². The van der Waals surface area contributed by atoms with Crippen LogP contribution in [0.5, 0.6) is 0 Å². The van der Waals surface area contributed by atoms with E-state index in [9.17, 15) is 9.59 Å². The summed E-state index contributed by atoms with van der Waals surface area (Å²) < 4.78 is 5.46. The van der Waals surface area contributed by atoms with Crippen LogP contribution in [0.25, 0.3) is 0 Å². The van der Waals surface area contributed by atoms with E-state index in [2.05, 4.69) is 10.6 Å². The standard InChI is InChI=1S/C21H26N2O3/c1-14(2)19(23-21(25)22-18-8-6-5-7-9-18)20(24)26-13-17-12-15(3)10-11-16(17)4/h5-12,14,19H,13H2,1-4H3,(H2,22,23,25)/t19-/m0/s1. The van der Waals surface area contributed by atoms with Crippen molar-refractivity contribution in [3.63, 3.8) is 0 Å². The number of nitrogens with one attached hydrogen (secondary N) is 2. The lowest BCUT2D eigenvalue weighted by atomic mass is 10.0. The molecule has 0 aromatic heterocycles. The third-order valence-corrected chi connectivity index (χ3v) is 4.11. The number of carbonyl (C=O) groups excluding carboxylic acids is 2. The van der Waals surface area contributed by atoms with E-state index in [4.69, 9.17) is 4.74 Å². The van der Waals surface area contributed by atoms with Gasteiger partial charge in [0.2, 0.25) is 0 Å². The van der Waals surface area contributed by atoms with E-state index in [1.807, 2.05) is 64.1 Å². The van der Waals surface area contributed by atoms with Gasteiger partial charge < -0.3 is 15.4 Å². The number of para-hydroxylation sites is 1. The number of hydrogen-bond donors (Lipinski definition) is 2. The highest BCUT2D eigenvalue weighted by molar-refractivity contribution is 5.92. The average molecular weight is 354 g/mol. The van der Waals surface area contributed by atoms with E-state index in [0.717, 1.165) is 16.7 Å². The van der Waals surface area contributed by atoms with Crippen molar-refractivity contribution in [2.45, 2.75) is 40.3 Å². The lowest BCUT2D eigenvalue weighted by Gasteiger charge is -2.21. The predicted octanol–water partition coefficient (Wildman–Crippen LogP) is 4.19. The van der Waals surface area contributed by atoms with Crippen molar-refractivity contribution in [1.82, 2.24) is 5.32 Å². The second kappa shape index (κ2) is 9.04. The molecule has 0 aliphatic heterocycles. The molecule has 2 aromatic rings. The van der Waals surface area contributed by atoms with Crippen molar-refractivity contribution >= 4 is 17.7 Å². The molecular weight excluding hydrogens is 328 g/mol. The predicted molar refractivity (Wildman–Crippen MR) is 103 cm³/mol. The molecule has 138 valence electrons. The lowest BCUT2D eigenvalue weighted by Crippen LogP contribution is -2.47. The second-order valence-electron chi connectivity index (χ2n) is 6.72. The minimum atomic E-state index is -0.719. The number of hydrogen-bond acceptors (Lipinski definition) is 3. The zero-order valence-electron chi connectivity index (χ0n) is 15.7. The fourth-order valence-corrected chi connectivity index (χ4v) is 2.52. The monoisotopic (exact) mass is 354 g/mol. The Labute approximate surface area is 154 Å². The molecule has 0 unspecified atom stereocenters. The molecule has 0 aliphatic rings. The Morgan fingerprint density at radius 3 is 2.38 bits per heavy atom. The average Bonchev–Trinajstić information content (AvgIpc) is 2.60. The number of esters is 1. The summed E-state index contributed by atoms with van der Waals surface area (Å²) >= 11 is 0. The Balaban J connectivity index is 1.96. The van der Waals surface area contributed by atoms with E-state index in [1.54, 1.807) is 12.1 Å². The molecule has 2 N–H and O–H groups in total. The summed E-state index contributed by atoms with van der Waals surface area (Å²) in [5.41, 5.74) is 3.81. The first kappa shape index (κ1) is 19.5. The smallest absolute Gasteiger partial charge is 0.329 e. The van der Waals surface area contributed by atoms with E-state index in [0.29, 0.717) is 5.69 Å². The molecule has 1 atom stereocenters. The third kappa shape index (κ3) is 5.62. The highest BCUT2D eigenvalue weighted by Crippen LogP contribution is 2.13. The van der Waals surface area contributed by atoms with Gasteiger partial charge in [-0.1, -0.05) is 55.8 Å². The molecular formula is C21H26N2O3. The zero-order valence-corrected chi connectivity index (χ0v) is 15.7. The number of anilines is 1. The van der Waals surface area contributed by atoms with Crippen LogP contribution in [-0.4, -0.2) is 18.0 Å².